The van der Waals surface area contributed by atoms with Crippen LogP contribution in [0.15, 0.2) is 31.0 Å². The summed E-state index contributed by atoms with van der Waals surface area (Å²) >= 11 is 0. The SMILES string of the molecule is OC[C@H]1O[C@@H](n2cc(F)c3c(-c4cc[nH]c4)ncnc32)C(O)[C@@H]1O. The van der Waals surface area contributed by atoms with Crippen LogP contribution in [-0.2, 0) is 4.74 Å². The molecule has 8 nitrogen and oxygen atoms in total. The van der Waals surface area contributed by atoms with Crippen molar-refractivity contribution in [1.29, 1.82) is 0 Å². The summed E-state index contributed by atoms with van der Waals surface area (Å²) in [7, 11) is 0. The Bertz CT molecular complexity index is 866. The highest BCUT2D eigenvalue weighted by Crippen LogP contribution is 2.35. The summed E-state index contributed by atoms with van der Waals surface area (Å²) in [6.45, 7) is -0.458. The topological polar surface area (TPSA) is 116 Å². The van der Waals surface area contributed by atoms with Crippen LogP contribution in [0, 0.1) is 5.82 Å². The molecule has 24 heavy (non-hydrogen) atoms. The largest absolute Gasteiger partial charge is 0.394 e. The maximum atomic E-state index is 14.6. The lowest BCUT2D eigenvalue weighted by Crippen LogP contribution is -2.33. The van der Waals surface area contributed by atoms with Crippen molar-refractivity contribution in [2.24, 2.45) is 0 Å². The Morgan fingerprint density at radius 3 is 2.79 bits per heavy atom. The third kappa shape index (κ3) is 2.13. The minimum Gasteiger partial charge on any atom is -0.394 e. The van der Waals surface area contributed by atoms with Gasteiger partial charge >= 0.3 is 0 Å². The van der Waals surface area contributed by atoms with Gasteiger partial charge in [0.2, 0.25) is 0 Å². The Labute approximate surface area is 135 Å². The molecule has 0 amide bonds. The number of aromatic nitrogens is 4. The lowest BCUT2D eigenvalue weighted by Gasteiger charge is -2.17. The van der Waals surface area contributed by atoms with Gasteiger partial charge in [-0.05, 0) is 6.07 Å². The standard InChI is InChI=1S/C15H15FN4O4/c16-8-4-20(15-13(23)12(22)9(5-21)24-15)14-10(8)11(18-6-19-14)7-1-2-17-3-7/h1-4,6,9,12-13,15,17,21-23H,5H2/t9-,12-,13?,15-/m1/s1. The second-order valence-corrected chi connectivity index (χ2v) is 5.63. The number of aromatic amines is 1. The molecular weight excluding hydrogens is 319 g/mol. The molecule has 3 aromatic heterocycles. The van der Waals surface area contributed by atoms with E-state index in [1.165, 1.54) is 10.9 Å². The Morgan fingerprint density at radius 2 is 2.12 bits per heavy atom. The number of hydrogen-bond donors (Lipinski definition) is 4. The Morgan fingerprint density at radius 1 is 1.29 bits per heavy atom. The first kappa shape index (κ1) is 15.2. The van der Waals surface area contributed by atoms with Crippen molar-refractivity contribution in [3.63, 3.8) is 0 Å². The molecule has 4 rings (SSSR count). The van der Waals surface area contributed by atoms with Crippen LogP contribution in [0.5, 0.6) is 0 Å². The van der Waals surface area contributed by atoms with Gasteiger partial charge in [-0.15, -0.1) is 0 Å². The van der Waals surface area contributed by atoms with Gasteiger partial charge in [-0.25, -0.2) is 14.4 Å². The average molecular weight is 334 g/mol. The van der Waals surface area contributed by atoms with Gasteiger partial charge in [0.15, 0.2) is 12.0 Å². The van der Waals surface area contributed by atoms with Crippen molar-refractivity contribution in [3.05, 3.63) is 36.8 Å². The highest BCUT2D eigenvalue weighted by molar-refractivity contribution is 5.91. The molecule has 0 aromatic carbocycles. The average Bonchev–Trinajstić information content (AvgIpc) is 3.29. The number of nitrogens with one attached hydrogen (secondary N) is 1. The fourth-order valence-electron chi connectivity index (χ4n) is 3.03. The van der Waals surface area contributed by atoms with E-state index in [0.29, 0.717) is 11.3 Å². The zero-order valence-electron chi connectivity index (χ0n) is 12.4. The number of halogens is 1. The molecule has 0 spiro atoms. The molecule has 0 saturated carbocycles. The molecule has 0 aliphatic carbocycles. The van der Waals surface area contributed by atoms with Gasteiger partial charge in [-0.1, -0.05) is 0 Å². The van der Waals surface area contributed by atoms with Crippen LogP contribution < -0.4 is 0 Å². The van der Waals surface area contributed by atoms with Crippen molar-refractivity contribution >= 4 is 11.0 Å². The van der Waals surface area contributed by atoms with E-state index >= 15 is 0 Å². The number of fused-ring (bicyclic) bond motifs is 1. The summed E-state index contributed by atoms with van der Waals surface area (Å²) in [5.74, 6) is -0.570. The van der Waals surface area contributed by atoms with Crippen LogP contribution in [0.1, 0.15) is 6.23 Å². The van der Waals surface area contributed by atoms with Crippen molar-refractivity contribution < 1.29 is 24.4 Å². The third-order valence-corrected chi connectivity index (χ3v) is 4.23. The van der Waals surface area contributed by atoms with Crippen LogP contribution in [0.25, 0.3) is 22.3 Å². The molecule has 4 N–H and O–H groups in total. The second-order valence-electron chi connectivity index (χ2n) is 5.63. The van der Waals surface area contributed by atoms with E-state index in [1.54, 1.807) is 18.5 Å². The smallest absolute Gasteiger partial charge is 0.164 e. The number of hydrogen-bond acceptors (Lipinski definition) is 6. The maximum Gasteiger partial charge on any atom is 0.164 e. The molecule has 1 aliphatic rings. The van der Waals surface area contributed by atoms with Crippen LogP contribution in [0.2, 0.25) is 0 Å². The third-order valence-electron chi connectivity index (χ3n) is 4.23. The number of rotatable bonds is 3. The molecule has 0 bridgehead atoms. The summed E-state index contributed by atoms with van der Waals surface area (Å²) in [4.78, 5) is 11.1. The molecule has 9 heteroatoms. The predicted molar refractivity (Wildman–Crippen MR) is 80.3 cm³/mol. The molecule has 126 valence electrons. The van der Waals surface area contributed by atoms with Crippen LogP contribution in [0.3, 0.4) is 0 Å². The van der Waals surface area contributed by atoms with Gasteiger partial charge in [0.25, 0.3) is 0 Å². The minimum absolute atomic E-state index is 0.190. The van der Waals surface area contributed by atoms with E-state index in [9.17, 15) is 19.7 Å². The normalized spacial score (nSPS) is 27.2. The summed E-state index contributed by atoms with van der Waals surface area (Å²) in [5.41, 5.74) is 1.33. The van der Waals surface area contributed by atoms with Crippen LogP contribution in [-0.4, -0.2) is 59.8 Å². The van der Waals surface area contributed by atoms with Crippen molar-refractivity contribution in [2.45, 2.75) is 24.5 Å². The number of aliphatic hydroxyl groups is 3. The van der Waals surface area contributed by atoms with Gasteiger partial charge < -0.3 is 29.6 Å². The van der Waals surface area contributed by atoms with E-state index in [0.717, 1.165) is 6.20 Å². The molecule has 3 aromatic rings. The summed E-state index contributed by atoms with van der Waals surface area (Å²) in [5, 5.41) is 29.4. The molecule has 4 atom stereocenters. The fourth-order valence-corrected chi connectivity index (χ4v) is 3.03. The van der Waals surface area contributed by atoms with E-state index in [-0.39, 0.29) is 11.0 Å². The fraction of sp³-hybridized carbons (Fsp3) is 0.333. The number of ether oxygens (including phenoxy) is 1. The van der Waals surface area contributed by atoms with Gasteiger partial charge in [-0.2, -0.15) is 0 Å². The first-order chi connectivity index (χ1) is 11.6. The molecule has 4 heterocycles. The predicted octanol–water partition coefficient (Wildman–Crippen LogP) is 0.177. The van der Waals surface area contributed by atoms with E-state index in [2.05, 4.69) is 15.0 Å². The summed E-state index contributed by atoms with van der Waals surface area (Å²) in [6.07, 6.45) is 1.23. The summed E-state index contributed by atoms with van der Waals surface area (Å²) in [6, 6.07) is 1.75. The maximum absolute atomic E-state index is 14.6. The lowest BCUT2D eigenvalue weighted by atomic mass is 10.1. The zero-order valence-corrected chi connectivity index (χ0v) is 12.4. The van der Waals surface area contributed by atoms with Crippen molar-refractivity contribution in [3.8, 4) is 11.3 Å². The van der Waals surface area contributed by atoms with Gasteiger partial charge in [0, 0.05) is 24.2 Å². The van der Waals surface area contributed by atoms with Crippen molar-refractivity contribution in [1.82, 2.24) is 19.5 Å². The van der Waals surface area contributed by atoms with Gasteiger partial charge in [0.05, 0.1) is 17.7 Å². The van der Waals surface area contributed by atoms with Gasteiger partial charge in [-0.3, -0.25) is 0 Å². The Balaban J connectivity index is 1.86. The quantitative estimate of drug-likeness (QED) is 0.543. The number of H-pyrrole nitrogens is 1. The highest BCUT2D eigenvalue weighted by atomic mass is 19.1. The lowest BCUT2D eigenvalue weighted by molar-refractivity contribution is -0.0510. The van der Waals surface area contributed by atoms with E-state index in [4.69, 9.17) is 4.74 Å². The number of nitrogens with zero attached hydrogens (tertiary/aromatic N) is 3. The summed E-state index contributed by atoms with van der Waals surface area (Å²) < 4.78 is 21.3. The molecule has 1 saturated heterocycles. The van der Waals surface area contributed by atoms with Gasteiger partial charge in [0.1, 0.15) is 30.3 Å². The molecule has 0 radical (unpaired) electrons. The highest BCUT2D eigenvalue weighted by Gasteiger charge is 2.44. The molecule has 1 unspecified atom stereocenters. The Kier molecular flexibility index (Phi) is 3.57. The van der Waals surface area contributed by atoms with Crippen molar-refractivity contribution in [2.75, 3.05) is 6.61 Å². The van der Waals surface area contributed by atoms with Crippen LogP contribution in [0.4, 0.5) is 4.39 Å². The van der Waals surface area contributed by atoms with Crippen LogP contribution >= 0.6 is 0 Å². The number of aliphatic hydroxyl groups excluding tert-OH is 3. The Hall–Kier alpha value is -2.33. The molecular formula is C15H15FN4O4. The monoisotopic (exact) mass is 334 g/mol. The van der Waals surface area contributed by atoms with E-state index < -0.39 is 37.0 Å². The minimum atomic E-state index is -1.32. The first-order valence-corrected chi connectivity index (χ1v) is 7.38. The molecule has 1 fully saturated rings. The first-order valence-electron chi connectivity index (χ1n) is 7.38. The second kappa shape index (κ2) is 5.64. The van der Waals surface area contributed by atoms with E-state index in [1.807, 2.05) is 0 Å². The molecule has 1 aliphatic heterocycles. The zero-order chi connectivity index (χ0) is 16.8.